The number of carbonyl (C=O) groups is 2. The van der Waals surface area contributed by atoms with Gasteiger partial charge in [0.2, 0.25) is 0 Å². The highest BCUT2D eigenvalue weighted by molar-refractivity contribution is 5.86. The number of rotatable bonds is 5. The Hall–Kier alpha value is -3.44. The highest BCUT2D eigenvalue weighted by Gasteiger charge is 2.29. The second-order valence-corrected chi connectivity index (χ2v) is 6.74. The van der Waals surface area contributed by atoms with Crippen LogP contribution in [0.2, 0.25) is 0 Å². The van der Waals surface area contributed by atoms with E-state index in [1.54, 1.807) is 0 Å². The van der Waals surface area contributed by atoms with E-state index in [0.29, 0.717) is 5.56 Å². The molecule has 0 spiro atoms. The molecule has 5 nitrogen and oxygen atoms in total. The lowest BCUT2D eigenvalue weighted by atomic mass is 9.98. The lowest BCUT2D eigenvalue weighted by Crippen LogP contribution is -2.26. The molecule has 3 aromatic carbocycles. The van der Waals surface area contributed by atoms with Gasteiger partial charge in [0.15, 0.2) is 0 Å². The Balaban J connectivity index is 1.50. The van der Waals surface area contributed by atoms with Crippen LogP contribution in [0.3, 0.4) is 0 Å². The fourth-order valence-electron chi connectivity index (χ4n) is 3.66. The molecule has 1 aliphatic carbocycles. The van der Waals surface area contributed by atoms with Gasteiger partial charge in [-0.25, -0.2) is 4.79 Å². The standard InChI is InChI=1S/C23H19NO4/c24-21(14-9-11-15(12-10-14)22(25)26)23(27)28-13-20-18-7-3-1-5-16(18)17-6-2-4-8-19(17)20/h1-12,20-21H,13,24H2,(H,25,26)/p-1/t21-/m0/s1. The summed E-state index contributed by atoms with van der Waals surface area (Å²) >= 11 is 0. The number of nitrogens with two attached hydrogens (primary N) is 1. The zero-order valence-corrected chi connectivity index (χ0v) is 15.0. The van der Waals surface area contributed by atoms with Crippen LogP contribution >= 0.6 is 0 Å². The van der Waals surface area contributed by atoms with Crippen molar-refractivity contribution >= 4 is 11.9 Å². The quantitative estimate of drug-likeness (QED) is 0.694. The van der Waals surface area contributed by atoms with Crippen LogP contribution in [-0.4, -0.2) is 18.5 Å². The SMILES string of the molecule is N[C@H](C(=O)OCC1c2ccccc2-c2ccccc21)c1ccc(C(=O)[O-])cc1. The Morgan fingerprint density at radius 2 is 1.43 bits per heavy atom. The minimum absolute atomic E-state index is 0.0310. The molecular weight excluding hydrogens is 354 g/mol. The molecule has 0 unspecified atom stereocenters. The van der Waals surface area contributed by atoms with Gasteiger partial charge in [-0.2, -0.15) is 0 Å². The smallest absolute Gasteiger partial charge is 0.327 e. The first-order valence-electron chi connectivity index (χ1n) is 8.98. The predicted molar refractivity (Wildman–Crippen MR) is 102 cm³/mol. The van der Waals surface area contributed by atoms with E-state index in [9.17, 15) is 14.7 Å². The van der Waals surface area contributed by atoms with Crippen LogP contribution in [0, 0.1) is 0 Å². The molecule has 28 heavy (non-hydrogen) atoms. The largest absolute Gasteiger partial charge is 0.545 e. The van der Waals surface area contributed by atoms with Gasteiger partial charge in [0, 0.05) is 5.92 Å². The molecule has 2 N–H and O–H groups in total. The van der Waals surface area contributed by atoms with Crippen molar-refractivity contribution in [2.75, 3.05) is 6.61 Å². The van der Waals surface area contributed by atoms with Gasteiger partial charge in [0.05, 0.1) is 5.97 Å². The van der Waals surface area contributed by atoms with E-state index < -0.39 is 18.0 Å². The maximum absolute atomic E-state index is 12.5. The van der Waals surface area contributed by atoms with Crippen molar-refractivity contribution in [2.24, 2.45) is 5.73 Å². The Bertz CT molecular complexity index is 997. The minimum Gasteiger partial charge on any atom is -0.545 e. The van der Waals surface area contributed by atoms with Crippen LogP contribution < -0.4 is 10.8 Å². The van der Waals surface area contributed by atoms with Crippen LogP contribution in [0.1, 0.15) is 39.0 Å². The molecule has 0 saturated heterocycles. The Morgan fingerprint density at radius 3 is 1.96 bits per heavy atom. The second-order valence-electron chi connectivity index (χ2n) is 6.74. The van der Waals surface area contributed by atoms with E-state index in [2.05, 4.69) is 12.1 Å². The first kappa shape index (κ1) is 17.9. The van der Waals surface area contributed by atoms with Crippen molar-refractivity contribution in [1.82, 2.24) is 0 Å². The highest BCUT2D eigenvalue weighted by atomic mass is 16.5. The topological polar surface area (TPSA) is 92.5 Å². The molecule has 0 heterocycles. The molecule has 0 aliphatic heterocycles. The van der Waals surface area contributed by atoms with E-state index in [4.69, 9.17) is 10.5 Å². The number of ether oxygens (including phenoxy) is 1. The van der Waals surface area contributed by atoms with E-state index in [0.717, 1.165) is 22.3 Å². The van der Waals surface area contributed by atoms with Gasteiger partial charge in [-0.15, -0.1) is 0 Å². The van der Waals surface area contributed by atoms with Crippen LogP contribution in [0.15, 0.2) is 72.8 Å². The first-order chi connectivity index (χ1) is 13.6. The number of hydrogen-bond donors (Lipinski definition) is 1. The summed E-state index contributed by atoms with van der Waals surface area (Å²) in [5.41, 5.74) is 11.1. The van der Waals surface area contributed by atoms with E-state index in [1.165, 1.54) is 24.3 Å². The summed E-state index contributed by atoms with van der Waals surface area (Å²) in [7, 11) is 0. The summed E-state index contributed by atoms with van der Waals surface area (Å²) in [4.78, 5) is 23.3. The number of esters is 1. The predicted octanol–water partition coefficient (Wildman–Crippen LogP) is 2.41. The number of carbonyl (C=O) groups excluding carboxylic acids is 2. The second kappa shape index (κ2) is 7.29. The van der Waals surface area contributed by atoms with Crippen molar-refractivity contribution in [2.45, 2.75) is 12.0 Å². The lowest BCUT2D eigenvalue weighted by Gasteiger charge is -2.17. The summed E-state index contributed by atoms with van der Waals surface area (Å²) in [6.45, 7) is 0.192. The molecule has 3 aromatic rings. The third-order valence-electron chi connectivity index (χ3n) is 5.11. The Morgan fingerprint density at radius 1 is 0.893 bits per heavy atom. The van der Waals surface area contributed by atoms with Gasteiger partial charge in [-0.1, -0.05) is 72.8 Å². The summed E-state index contributed by atoms with van der Waals surface area (Å²) in [5, 5.41) is 10.8. The van der Waals surface area contributed by atoms with E-state index in [-0.39, 0.29) is 18.1 Å². The monoisotopic (exact) mass is 372 g/mol. The van der Waals surface area contributed by atoms with Gasteiger partial charge in [0.25, 0.3) is 0 Å². The molecule has 1 aliphatic rings. The number of aromatic carboxylic acids is 1. The maximum atomic E-state index is 12.5. The number of hydrogen-bond acceptors (Lipinski definition) is 5. The lowest BCUT2D eigenvalue weighted by molar-refractivity contribution is -0.255. The van der Waals surface area contributed by atoms with Gasteiger partial charge >= 0.3 is 5.97 Å². The van der Waals surface area contributed by atoms with Crippen molar-refractivity contribution in [3.8, 4) is 11.1 Å². The van der Waals surface area contributed by atoms with Gasteiger partial charge < -0.3 is 20.4 Å². The van der Waals surface area contributed by atoms with Crippen molar-refractivity contribution < 1.29 is 19.4 Å². The summed E-state index contributed by atoms with van der Waals surface area (Å²) in [6.07, 6.45) is 0. The Kier molecular flexibility index (Phi) is 4.67. The average Bonchev–Trinajstić information content (AvgIpc) is 3.05. The third kappa shape index (κ3) is 3.17. The van der Waals surface area contributed by atoms with Crippen LogP contribution in [-0.2, 0) is 9.53 Å². The summed E-state index contributed by atoms with van der Waals surface area (Å²) in [5.74, 6) is -1.87. The maximum Gasteiger partial charge on any atom is 0.327 e. The fraction of sp³-hybridized carbons (Fsp3) is 0.130. The van der Waals surface area contributed by atoms with E-state index >= 15 is 0 Å². The van der Waals surface area contributed by atoms with Crippen molar-refractivity contribution in [3.05, 3.63) is 95.1 Å². The molecule has 4 rings (SSSR count). The van der Waals surface area contributed by atoms with Crippen molar-refractivity contribution in [1.29, 1.82) is 0 Å². The summed E-state index contributed by atoms with van der Waals surface area (Å²) in [6, 6.07) is 20.9. The Labute approximate surface area is 162 Å². The normalized spacial score (nSPS) is 13.5. The molecule has 0 bridgehead atoms. The van der Waals surface area contributed by atoms with E-state index in [1.807, 2.05) is 36.4 Å². The van der Waals surface area contributed by atoms with Gasteiger partial charge in [-0.05, 0) is 33.4 Å². The van der Waals surface area contributed by atoms with Crippen molar-refractivity contribution in [3.63, 3.8) is 0 Å². The minimum atomic E-state index is -1.28. The first-order valence-corrected chi connectivity index (χ1v) is 8.98. The average molecular weight is 372 g/mol. The molecule has 0 fully saturated rings. The molecule has 1 atom stereocenters. The zero-order valence-electron chi connectivity index (χ0n) is 15.0. The van der Waals surface area contributed by atoms with Crippen LogP contribution in [0.5, 0.6) is 0 Å². The molecule has 0 amide bonds. The van der Waals surface area contributed by atoms with Crippen LogP contribution in [0.25, 0.3) is 11.1 Å². The number of fused-ring (bicyclic) bond motifs is 3. The molecule has 5 heteroatoms. The highest BCUT2D eigenvalue weighted by Crippen LogP contribution is 2.44. The molecule has 0 aromatic heterocycles. The third-order valence-corrected chi connectivity index (χ3v) is 5.11. The summed E-state index contributed by atoms with van der Waals surface area (Å²) < 4.78 is 5.54. The molecular formula is C23H18NO4-. The van der Waals surface area contributed by atoms with Gasteiger partial charge in [0.1, 0.15) is 12.6 Å². The molecule has 140 valence electrons. The van der Waals surface area contributed by atoms with Crippen LogP contribution in [0.4, 0.5) is 0 Å². The van der Waals surface area contributed by atoms with Gasteiger partial charge in [-0.3, -0.25) is 0 Å². The fourth-order valence-corrected chi connectivity index (χ4v) is 3.66. The zero-order chi connectivity index (χ0) is 19.7. The number of carboxylic acid groups (broad SMARTS) is 1. The number of carboxylic acids is 1. The molecule has 0 radical (unpaired) electrons. The molecule has 0 saturated carbocycles. The number of benzene rings is 3.